The van der Waals surface area contributed by atoms with E-state index in [2.05, 4.69) is 23.6 Å². The monoisotopic (exact) mass is 291 g/mol. The summed E-state index contributed by atoms with van der Waals surface area (Å²) in [4.78, 5) is 27.1. The van der Waals surface area contributed by atoms with E-state index < -0.39 is 4.92 Å². The maximum atomic E-state index is 12.3. The molecule has 0 aromatic heterocycles. The van der Waals surface area contributed by atoms with Crippen molar-refractivity contribution in [1.82, 2.24) is 9.80 Å². The van der Waals surface area contributed by atoms with Crippen molar-refractivity contribution in [2.45, 2.75) is 19.9 Å². The highest BCUT2D eigenvalue weighted by molar-refractivity contribution is 5.98. The molecule has 6 heteroatoms. The van der Waals surface area contributed by atoms with Crippen molar-refractivity contribution in [3.63, 3.8) is 0 Å². The van der Waals surface area contributed by atoms with Gasteiger partial charge in [0.25, 0.3) is 5.69 Å². The number of carbonyl (C=O) groups excluding carboxylic acids is 1. The zero-order valence-corrected chi connectivity index (χ0v) is 12.5. The highest BCUT2D eigenvalue weighted by Gasteiger charge is 2.24. The second kappa shape index (κ2) is 6.78. The van der Waals surface area contributed by atoms with Gasteiger partial charge in [-0.25, -0.2) is 0 Å². The number of nitro benzene ring substituents is 1. The average Bonchev–Trinajstić information content (AvgIpc) is 2.47. The fourth-order valence-electron chi connectivity index (χ4n) is 2.77. The fourth-order valence-corrected chi connectivity index (χ4v) is 2.77. The Bertz CT molecular complexity index is 533. The normalized spacial score (nSPS) is 20.4. The van der Waals surface area contributed by atoms with Crippen LogP contribution in [-0.4, -0.2) is 59.3 Å². The summed E-state index contributed by atoms with van der Waals surface area (Å²) in [6, 6.07) is 6.39. The van der Waals surface area contributed by atoms with Crippen LogP contribution in [0.4, 0.5) is 5.69 Å². The number of nitrogens with zero attached hydrogens (tertiary/aromatic N) is 3. The summed E-state index contributed by atoms with van der Waals surface area (Å²) in [5.41, 5.74) is 0.375. The lowest BCUT2D eigenvalue weighted by atomic mass is 10.1. The Labute approximate surface area is 124 Å². The fraction of sp³-hybridized carbons (Fsp3) is 0.533. The van der Waals surface area contributed by atoms with Crippen LogP contribution < -0.4 is 0 Å². The van der Waals surface area contributed by atoms with Gasteiger partial charge < -0.3 is 0 Å². The standard InChI is InChI=1S/C15H21N3O3/c1-3-17-8-7-16(10-12(17)2)11-15(19)13-5-4-6-14(9-13)18(20)21/h4-6,9,12H,3,7-8,10-11H2,1-2H3. The van der Waals surface area contributed by atoms with Gasteiger partial charge in [-0.2, -0.15) is 0 Å². The van der Waals surface area contributed by atoms with E-state index in [4.69, 9.17) is 0 Å². The summed E-state index contributed by atoms with van der Waals surface area (Å²) in [7, 11) is 0. The number of rotatable bonds is 5. The smallest absolute Gasteiger partial charge is 0.270 e. The minimum absolute atomic E-state index is 0.0370. The summed E-state index contributed by atoms with van der Waals surface area (Å²) in [5.74, 6) is -0.0594. The molecule has 0 bridgehead atoms. The van der Waals surface area contributed by atoms with Crippen molar-refractivity contribution >= 4 is 11.5 Å². The van der Waals surface area contributed by atoms with Gasteiger partial charge in [0.05, 0.1) is 11.5 Å². The molecule has 1 heterocycles. The number of hydrogen-bond donors (Lipinski definition) is 0. The molecule has 2 rings (SSSR count). The van der Waals surface area contributed by atoms with Crippen LogP contribution in [-0.2, 0) is 0 Å². The first-order valence-electron chi connectivity index (χ1n) is 7.25. The van der Waals surface area contributed by atoms with Crippen molar-refractivity contribution in [1.29, 1.82) is 0 Å². The van der Waals surface area contributed by atoms with Gasteiger partial charge >= 0.3 is 0 Å². The highest BCUT2D eigenvalue weighted by Crippen LogP contribution is 2.15. The molecule has 1 aliphatic heterocycles. The zero-order valence-electron chi connectivity index (χ0n) is 12.5. The van der Waals surface area contributed by atoms with Gasteiger partial charge in [-0.1, -0.05) is 19.1 Å². The lowest BCUT2D eigenvalue weighted by Crippen LogP contribution is -2.52. The lowest BCUT2D eigenvalue weighted by molar-refractivity contribution is -0.384. The van der Waals surface area contributed by atoms with Crippen molar-refractivity contribution < 1.29 is 9.72 Å². The molecule has 1 atom stereocenters. The summed E-state index contributed by atoms with van der Waals surface area (Å²) in [6.07, 6.45) is 0. The third kappa shape index (κ3) is 3.86. The number of ketones is 1. The van der Waals surface area contributed by atoms with Crippen LogP contribution in [0.2, 0.25) is 0 Å². The molecule has 0 amide bonds. The average molecular weight is 291 g/mol. The molecule has 1 saturated heterocycles. The van der Waals surface area contributed by atoms with E-state index in [1.54, 1.807) is 12.1 Å². The van der Waals surface area contributed by atoms with Crippen molar-refractivity contribution in [2.24, 2.45) is 0 Å². The maximum Gasteiger partial charge on any atom is 0.270 e. The first-order valence-corrected chi connectivity index (χ1v) is 7.25. The van der Waals surface area contributed by atoms with Gasteiger partial charge in [0.2, 0.25) is 0 Å². The first-order chi connectivity index (χ1) is 10.0. The second-order valence-corrected chi connectivity index (χ2v) is 5.44. The predicted octanol–water partition coefficient (Wildman–Crippen LogP) is 1.80. The molecule has 1 aromatic carbocycles. The quantitative estimate of drug-likeness (QED) is 0.470. The van der Waals surface area contributed by atoms with Crippen LogP contribution in [0.1, 0.15) is 24.2 Å². The molecule has 1 fully saturated rings. The van der Waals surface area contributed by atoms with Crippen LogP contribution >= 0.6 is 0 Å². The van der Waals surface area contributed by atoms with Crippen LogP contribution in [0.3, 0.4) is 0 Å². The number of carbonyl (C=O) groups is 1. The number of benzene rings is 1. The van der Waals surface area contributed by atoms with Crippen molar-refractivity contribution in [3.05, 3.63) is 39.9 Å². The van der Waals surface area contributed by atoms with Crippen LogP contribution in [0.25, 0.3) is 0 Å². The third-order valence-corrected chi connectivity index (χ3v) is 4.00. The molecule has 1 aliphatic rings. The summed E-state index contributed by atoms with van der Waals surface area (Å²) >= 11 is 0. The number of likely N-dealkylation sites (N-methyl/N-ethyl adjacent to an activating group) is 1. The molecule has 0 N–H and O–H groups in total. The van der Waals surface area contributed by atoms with Gasteiger partial charge in [-0.15, -0.1) is 0 Å². The Balaban J connectivity index is 1.99. The molecule has 0 radical (unpaired) electrons. The van der Waals surface area contributed by atoms with E-state index in [1.165, 1.54) is 12.1 Å². The maximum absolute atomic E-state index is 12.3. The predicted molar refractivity (Wildman–Crippen MR) is 80.6 cm³/mol. The van der Waals surface area contributed by atoms with E-state index in [9.17, 15) is 14.9 Å². The van der Waals surface area contributed by atoms with Crippen molar-refractivity contribution in [3.8, 4) is 0 Å². The highest BCUT2D eigenvalue weighted by atomic mass is 16.6. The largest absolute Gasteiger partial charge is 0.298 e. The number of Topliss-reactive ketones (excluding diaryl/α,β-unsaturated/α-hetero) is 1. The van der Waals surface area contributed by atoms with E-state index in [1.807, 2.05) is 0 Å². The lowest BCUT2D eigenvalue weighted by Gasteiger charge is -2.39. The molecule has 1 aromatic rings. The molecule has 0 saturated carbocycles. The minimum Gasteiger partial charge on any atom is -0.298 e. The van der Waals surface area contributed by atoms with E-state index in [0.29, 0.717) is 18.2 Å². The molecule has 6 nitrogen and oxygen atoms in total. The molecular formula is C15H21N3O3. The van der Waals surface area contributed by atoms with Gasteiger partial charge in [-0.3, -0.25) is 24.7 Å². The Morgan fingerprint density at radius 1 is 1.43 bits per heavy atom. The SMILES string of the molecule is CCN1CCN(CC(=O)c2cccc([N+](=O)[O-])c2)CC1C. The first kappa shape index (κ1) is 15.6. The van der Waals surface area contributed by atoms with Gasteiger partial charge in [0.1, 0.15) is 0 Å². The van der Waals surface area contributed by atoms with Crippen LogP contribution in [0.5, 0.6) is 0 Å². The number of non-ortho nitro benzene ring substituents is 1. The number of piperazine rings is 1. The van der Waals surface area contributed by atoms with Gasteiger partial charge in [-0.05, 0) is 13.5 Å². The van der Waals surface area contributed by atoms with E-state index in [-0.39, 0.29) is 11.5 Å². The summed E-state index contributed by atoms with van der Waals surface area (Å²) in [6.45, 7) is 8.32. The summed E-state index contributed by atoms with van der Waals surface area (Å²) in [5, 5.41) is 10.8. The topological polar surface area (TPSA) is 66.7 Å². The minimum atomic E-state index is -0.473. The molecule has 0 aliphatic carbocycles. The van der Waals surface area contributed by atoms with E-state index >= 15 is 0 Å². The Morgan fingerprint density at radius 2 is 2.19 bits per heavy atom. The number of nitro groups is 1. The molecule has 114 valence electrons. The molecule has 0 spiro atoms. The Hall–Kier alpha value is -1.79. The van der Waals surface area contributed by atoms with Crippen LogP contribution in [0, 0.1) is 10.1 Å². The molecular weight excluding hydrogens is 270 g/mol. The third-order valence-electron chi connectivity index (χ3n) is 4.00. The van der Waals surface area contributed by atoms with Crippen LogP contribution in [0.15, 0.2) is 24.3 Å². The van der Waals surface area contributed by atoms with Gasteiger partial charge in [0.15, 0.2) is 5.78 Å². The summed E-state index contributed by atoms with van der Waals surface area (Å²) < 4.78 is 0. The zero-order chi connectivity index (χ0) is 15.4. The van der Waals surface area contributed by atoms with E-state index in [0.717, 1.165) is 26.2 Å². The second-order valence-electron chi connectivity index (χ2n) is 5.44. The molecule has 1 unspecified atom stereocenters. The van der Waals surface area contributed by atoms with Crippen molar-refractivity contribution in [2.75, 3.05) is 32.7 Å². The molecule has 21 heavy (non-hydrogen) atoms. The number of hydrogen-bond acceptors (Lipinski definition) is 5. The van der Waals surface area contributed by atoms with Gasteiger partial charge in [0, 0.05) is 43.4 Å². The Kier molecular flexibility index (Phi) is 5.03. The Morgan fingerprint density at radius 3 is 2.81 bits per heavy atom.